The fraction of sp³-hybridized carbons (Fsp3) is 0.625. The topological polar surface area (TPSA) is 59.2 Å². The Hall–Kier alpha value is -1.58. The Labute approximate surface area is 121 Å². The van der Waals surface area contributed by atoms with Crippen molar-refractivity contribution >= 4 is 11.7 Å². The highest BCUT2D eigenvalue weighted by atomic mass is 16.2. The maximum Gasteiger partial charge on any atom is 0.254 e. The van der Waals surface area contributed by atoms with Crippen molar-refractivity contribution in [1.29, 1.82) is 0 Å². The highest BCUT2D eigenvalue weighted by Crippen LogP contribution is 2.34. The number of carbonyl (C=O) groups is 1. The van der Waals surface area contributed by atoms with E-state index in [0.29, 0.717) is 22.7 Å². The van der Waals surface area contributed by atoms with Crippen LogP contribution in [0.2, 0.25) is 0 Å². The van der Waals surface area contributed by atoms with E-state index in [0.717, 1.165) is 31.6 Å². The van der Waals surface area contributed by atoms with Crippen molar-refractivity contribution in [1.82, 2.24) is 9.88 Å². The maximum atomic E-state index is 12.5. The molecule has 0 spiro atoms. The lowest BCUT2D eigenvalue weighted by molar-refractivity contribution is 0.0608. The Bertz CT molecular complexity index is 477. The largest absolute Gasteiger partial charge is 0.384 e. The smallest absolute Gasteiger partial charge is 0.254 e. The van der Waals surface area contributed by atoms with Crippen LogP contribution in [0.3, 0.4) is 0 Å². The van der Waals surface area contributed by atoms with Gasteiger partial charge >= 0.3 is 0 Å². The summed E-state index contributed by atoms with van der Waals surface area (Å²) in [7, 11) is 0. The van der Waals surface area contributed by atoms with E-state index in [9.17, 15) is 4.79 Å². The summed E-state index contributed by atoms with van der Waals surface area (Å²) in [5.41, 5.74) is 7.50. The molecule has 1 fully saturated rings. The van der Waals surface area contributed by atoms with Crippen molar-refractivity contribution in [3.05, 3.63) is 23.4 Å². The van der Waals surface area contributed by atoms with Gasteiger partial charge in [0.25, 0.3) is 5.91 Å². The molecule has 20 heavy (non-hydrogen) atoms. The lowest BCUT2D eigenvalue weighted by atomic mass is 9.75. The molecule has 1 amide bonds. The monoisotopic (exact) mass is 275 g/mol. The van der Waals surface area contributed by atoms with E-state index in [1.165, 1.54) is 0 Å². The molecule has 0 saturated carbocycles. The minimum absolute atomic E-state index is 0.0783. The van der Waals surface area contributed by atoms with Gasteiger partial charge in [-0.25, -0.2) is 4.98 Å². The zero-order valence-corrected chi connectivity index (χ0v) is 12.9. The van der Waals surface area contributed by atoms with Gasteiger partial charge in [-0.3, -0.25) is 4.79 Å². The van der Waals surface area contributed by atoms with Gasteiger partial charge in [0, 0.05) is 24.3 Å². The van der Waals surface area contributed by atoms with Crippen LogP contribution in [0.25, 0.3) is 0 Å². The van der Waals surface area contributed by atoms with Crippen LogP contribution in [0, 0.1) is 18.3 Å². The highest BCUT2D eigenvalue weighted by molar-refractivity contribution is 5.95. The molecule has 2 rings (SSSR count). The average Bonchev–Trinajstić information content (AvgIpc) is 2.36. The number of likely N-dealkylation sites (tertiary alicyclic amines) is 1. The summed E-state index contributed by atoms with van der Waals surface area (Å²) in [4.78, 5) is 18.6. The van der Waals surface area contributed by atoms with Gasteiger partial charge in [0.15, 0.2) is 0 Å². The lowest BCUT2D eigenvalue weighted by Gasteiger charge is -2.38. The first-order chi connectivity index (χ1) is 9.27. The van der Waals surface area contributed by atoms with Crippen LogP contribution < -0.4 is 5.73 Å². The van der Waals surface area contributed by atoms with E-state index >= 15 is 0 Å². The van der Waals surface area contributed by atoms with E-state index < -0.39 is 0 Å². The number of anilines is 1. The van der Waals surface area contributed by atoms with Crippen molar-refractivity contribution < 1.29 is 4.79 Å². The second-order valence-electron chi connectivity index (χ2n) is 6.85. The Morgan fingerprint density at radius 3 is 2.40 bits per heavy atom. The first-order valence-electron chi connectivity index (χ1n) is 7.31. The van der Waals surface area contributed by atoms with E-state index in [1.807, 2.05) is 17.9 Å². The zero-order valence-electron chi connectivity index (χ0n) is 12.9. The van der Waals surface area contributed by atoms with Gasteiger partial charge in [0.1, 0.15) is 5.82 Å². The quantitative estimate of drug-likeness (QED) is 0.857. The summed E-state index contributed by atoms with van der Waals surface area (Å²) in [5.74, 6) is 1.18. The zero-order chi connectivity index (χ0) is 14.9. The van der Waals surface area contributed by atoms with E-state index in [1.54, 1.807) is 6.07 Å². The van der Waals surface area contributed by atoms with Gasteiger partial charge in [-0.15, -0.1) is 0 Å². The molecule has 0 radical (unpaired) electrons. The summed E-state index contributed by atoms with van der Waals surface area (Å²) in [6.45, 7) is 10.4. The van der Waals surface area contributed by atoms with Crippen LogP contribution in [-0.2, 0) is 0 Å². The molecule has 2 heterocycles. The molecule has 0 bridgehead atoms. The van der Waals surface area contributed by atoms with Gasteiger partial charge in [-0.1, -0.05) is 20.8 Å². The SMILES string of the molecule is Cc1cc(C(=O)N2CCC(C(C)(C)C)CC2)cc(N)n1. The van der Waals surface area contributed by atoms with E-state index in [-0.39, 0.29) is 5.91 Å². The molecule has 2 N–H and O–H groups in total. The van der Waals surface area contributed by atoms with Gasteiger partial charge < -0.3 is 10.6 Å². The molecule has 1 saturated heterocycles. The first kappa shape index (κ1) is 14.8. The normalized spacial score (nSPS) is 17.3. The van der Waals surface area contributed by atoms with Crippen LogP contribution >= 0.6 is 0 Å². The summed E-state index contributed by atoms with van der Waals surface area (Å²) in [5, 5.41) is 0. The van der Waals surface area contributed by atoms with Crippen LogP contribution in [0.15, 0.2) is 12.1 Å². The predicted molar refractivity (Wildman–Crippen MR) is 81.5 cm³/mol. The number of hydrogen-bond acceptors (Lipinski definition) is 3. The van der Waals surface area contributed by atoms with E-state index in [2.05, 4.69) is 25.8 Å². The number of hydrogen-bond donors (Lipinski definition) is 1. The van der Waals surface area contributed by atoms with Gasteiger partial charge in [-0.2, -0.15) is 0 Å². The number of rotatable bonds is 1. The Balaban J connectivity index is 2.05. The fourth-order valence-corrected chi connectivity index (χ4v) is 2.95. The molecular weight excluding hydrogens is 250 g/mol. The number of aromatic nitrogens is 1. The van der Waals surface area contributed by atoms with E-state index in [4.69, 9.17) is 5.73 Å². The number of nitrogens with zero attached hydrogens (tertiary/aromatic N) is 2. The van der Waals surface area contributed by atoms with Crippen molar-refractivity contribution in [2.45, 2.75) is 40.5 Å². The summed E-state index contributed by atoms with van der Waals surface area (Å²) in [6.07, 6.45) is 2.16. The molecule has 110 valence electrons. The van der Waals surface area contributed by atoms with Crippen LogP contribution in [0.1, 0.15) is 49.7 Å². The number of aryl methyl sites for hydroxylation is 1. The molecule has 0 aromatic carbocycles. The molecule has 4 heteroatoms. The third-order valence-corrected chi connectivity index (χ3v) is 4.23. The number of nitrogen functional groups attached to an aromatic ring is 1. The summed E-state index contributed by atoms with van der Waals surface area (Å²) >= 11 is 0. The Morgan fingerprint density at radius 1 is 1.30 bits per heavy atom. The fourth-order valence-electron chi connectivity index (χ4n) is 2.95. The second kappa shape index (κ2) is 5.43. The number of carbonyl (C=O) groups excluding carboxylic acids is 1. The Kier molecular flexibility index (Phi) is 4.02. The van der Waals surface area contributed by atoms with Crippen LogP contribution in [-0.4, -0.2) is 28.9 Å². The highest BCUT2D eigenvalue weighted by Gasteiger charge is 2.30. The first-order valence-corrected chi connectivity index (χ1v) is 7.31. The number of amides is 1. The standard InChI is InChI=1S/C16H25N3O/c1-11-9-12(10-14(17)18-11)15(20)19-7-5-13(6-8-19)16(2,3)4/h9-10,13H,5-8H2,1-4H3,(H2,17,18). The lowest BCUT2D eigenvalue weighted by Crippen LogP contribution is -2.41. The summed E-state index contributed by atoms with van der Waals surface area (Å²) < 4.78 is 0. The number of pyridine rings is 1. The Morgan fingerprint density at radius 2 is 1.90 bits per heavy atom. The van der Waals surface area contributed by atoms with Crippen LogP contribution in [0.4, 0.5) is 5.82 Å². The van der Waals surface area contributed by atoms with Crippen molar-refractivity contribution in [3.8, 4) is 0 Å². The van der Waals surface area contributed by atoms with Gasteiger partial charge in [0.05, 0.1) is 0 Å². The third kappa shape index (κ3) is 3.30. The van der Waals surface area contributed by atoms with Crippen molar-refractivity contribution in [3.63, 3.8) is 0 Å². The van der Waals surface area contributed by atoms with Crippen molar-refractivity contribution in [2.75, 3.05) is 18.8 Å². The minimum Gasteiger partial charge on any atom is -0.384 e. The van der Waals surface area contributed by atoms with Crippen LogP contribution in [0.5, 0.6) is 0 Å². The third-order valence-electron chi connectivity index (χ3n) is 4.23. The molecule has 0 unspecified atom stereocenters. The molecule has 1 aromatic rings. The molecule has 1 aliphatic heterocycles. The van der Waals surface area contributed by atoms with Crippen molar-refractivity contribution in [2.24, 2.45) is 11.3 Å². The minimum atomic E-state index is 0.0783. The molecule has 0 aliphatic carbocycles. The molecule has 0 atom stereocenters. The summed E-state index contributed by atoms with van der Waals surface area (Å²) in [6, 6.07) is 3.49. The van der Waals surface area contributed by atoms with Gasteiger partial charge in [0.2, 0.25) is 0 Å². The number of piperidine rings is 1. The second-order valence-corrected chi connectivity index (χ2v) is 6.85. The maximum absolute atomic E-state index is 12.5. The number of nitrogens with two attached hydrogens (primary N) is 1. The molecule has 1 aliphatic rings. The molecule has 1 aromatic heterocycles. The average molecular weight is 275 g/mol. The van der Waals surface area contributed by atoms with Gasteiger partial charge in [-0.05, 0) is 43.2 Å². The molecular formula is C16H25N3O. The predicted octanol–water partition coefficient (Wildman–Crippen LogP) is 2.87. The molecule has 4 nitrogen and oxygen atoms in total.